The van der Waals surface area contributed by atoms with Crippen molar-refractivity contribution in [3.63, 3.8) is 0 Å². The Kier molecular flexibility index (Phi) is 4.75. The minimum atomic E-state index is -1.03. The van der Waals surface area contributed by atoms with E-state index in [1.807, 2.05) is 13.8 Å². The van der Waals surface area contributed by atoms with Crippen molar-refractivity contribution in [2.45, 2.75) is 13.8 Å². The largest absolute Gasteiger partial charge is 0.478 e. The lowest BCUT2D eigenvalue weighted by Crippen LogP contribution is -2.13. The van der Waals surface area contributed by atoms with E-state index in [4.69, 9.17) is 10.4 Å². The van der Waals surface area contributed by atoms with Gasteiger partial charge in [-0.25, -0.2) is 9.79 Å². The predicted octanol–water partition coefficient (Wildman–Crippen LogP) is 2.42. The van der Waals surface area contributed by atoms with Crippen LogP contribution in [0.3, 0.4) is 0 Å². The highest BCUT2D eigenvalue weighted by molar-refractivity contribution is 8.13. The lowest BCUT2D eigenvalue weighted by Gasteiger charge is -2.09. The standard InChI is InChI=1S/C12H13N3O2S/c1-7-4-5-9(11(16)17)10(8(7)2)15-12(18-3)14-6-13/h4-5H,1-3H3,(H,14,15)(H,16,17). The van der Waals surface area contributed by atoms with Gasteiger partial charge in [-0.05, 0) is 37.3 Å². The molecule has 0 spiro atoms. The molecule has 0 aliphatic heterocycles. The topological polar surface area (TPSA) is 85.5 Å². The Morgan fingerprint density at radius 3 is 2.67 bits per heavy atom. The van der Waals surface area contributed by atoms with Gasteiger partial charge in [-0.2, -0.15) is 5.26 Å². The van der Waals surface area contributed by atoms with Gasteiger partial charge in [-0.1, -0.05) is 17.8 Å². The molecule has 0 aromatic heterocycles. The van der Waals surface area contributed by atoms with Crippen molar-refractivity contribution in [1.29, 1.82) is 5.26 Å². The number of rotatable bonds is 2. The third kappa shape index (κ3) is 3.02. The Morgan fingerprint density at radius 2 is 2.17 bits per heavy atom. The van der Waals surface area contributed by atoms with Gasteiger partial charge in [0.2, 0.25) is 0 Å². The summed E-state index contributed by atoms with van der Waals surface area (Å²) in [5, 5.41) is 20.5. The van der Waals surface area contributed by atoms with Crippen LogP contribution in [-0.4, -0.2) is 22.5 Å². The van der Waals surface area contributed by atoms with Gasteiger partial charge in [0.05, 0.1) is 11.3 Å². The van der Waals surface area contributed by atoms with Crippen molar-refractivity contribution in [3.05, 3.63) is 28.8 Å². The van der Waals surface area contributed by atoms with Gasteiger partial charge in [-0.3, -0.25) is 5.32 Å². The average molecular weight is 263 g/mol. The molecule has 0 saturated heterocycles. The van der Waals surface area contributed by atoms with Crippen LogP contribution in [0.2, 0.25) is 0 Å². The number of aromatic carboxylic acids is 1. The minimum absolute atomic E-state index is 0.129. The van der Waals surface area contributed by atoms with E-state index in [1.54, 1.807) is 18.5 Å². The maximum absolute atomic E-state index is 11.2. The van der Waals surface area contributed by atoms with Crippen LogP contribution in [0.4, 0.5) is 5.69 Å². The summed E-state index contributed by atoms with van der Waals surface area (Å²) in [5.41, 5.74) is 2.26. The van der Waals surface area contributed by atoms with E-state index in [2.05, 4.69) is 10.3 Å². The van der Waals surface area contributed by atoms with Crippen LogP contribution in [0.5, 0.6) is 0 Å². The summed E-state index contributed by atoms with van der Waals surface area (Å²) < 4.78 is 0. The molecule has 0 saturated carbocycles. The molecule has 1 aromatic rings. The molecular formula is C12H13N3O2S. The molecule has 0 radical (unpaired) electrons. The van der Waals surface area contributed by atoms with Gasteiger partial charge in [0.15, 0.2) is 11.4 Å². The quantitative estimate of drug-likeness (QED) is 0.370. The van der Waals surface area contributed by atoms with E-state index < -0.39 is 5.97 Å². The summed E-state index contributed by atoms with van der Waals surface area (Å²) in [4.78, 5) is 15.4. The molecule has 1 aromatic carbocycles. The first kappa shape index (κ1) is 14.1. The molecule has 94 valence electrons. The van der Waals surface area contributed by atoms with Crippen LogP contribution in [0.1, 0.15) is 21.5 Å². The highest BCUT2D eigenvalue weighted by Gasteiger charge is 2.14. The first-order valence-electron chi connectivity index (χ1n) is 5.12. The van der Waals surface area contributed by atoms with Gasteiger partial charge >= 0.3 is 5.97 Å². The number of nitriles is 1. The Bertz CT molecular complexity index is 547. The van der Waals surface area contributed by atoms with Crippen molar-refractivity contribution in [2.24, 2.45) is 4.99 Å². The zero-order valence-corrected chi connectivity index (χ0v) is 11.1. The Labute approximate surface area is 110 Å². The van der Waals surface area contributed by atoms with E-state index >= 15 is 0 Å². The molecular weight excluding hydrogens is 250 g/mol. The number of amidine groups is 1. The predicted molar refractivity (Wildman–Crippen MR) is 72.2 cm³/mol. The average Bonchev–Trinajstić information content (AvgIpc) is 2.33. The molecule has 2 N–H and O–H groups in total. The third-order valence-electron chi connectivity index (χ3n) is 2.50. The molecule has 0 aliphatic carbocycles. The van der Waals surface area contributed by atoms with E-state index in [0.29, 0.717) is 10.9 Å². The van der Waals surface area contributed by atoms with Gasteiger partial charge in [0.25, 0.3) is 0 Å². The smallest absolute Gasteiger partial charge is 0.337 e. The van der Waals surface area contributed by atoms with Crippen molar-refractivity contribution in [3.8, 4) is 6.19 Å². The Morgan fingerprint density at radius 1 is 1.50 bits per heavy atom. The fourth-order valence-corrected chi connectivity index (χ4v) is 1.72. The number of carboxylic acids is 1. The maximum Gasteiger partial charge on any atom is 0.337 e. The Balaban J connectivity index is 3.42. The van der Waals surface area contributed by atoms with Crippen LogP contribution in [0.25, 0.3) is 0 Å². The number of hydrogen-bond acceptors (Lipinski definition) is 4. The normalized spacial score (nSPS) is 10.9. The van der Waals surface area contributed by atoms with E-state index in [9.17, 15) is 4.79 Å². The first-order chi connectivity index (χ1) is 8.51. The van der Waals surface area contributed by atoms with Crippen LogP contribution in [0, 0.1) is 25.3 Å². The summed E-state index contributed by atoms with van der Waals surface area (Å²) in [6.07, 6.45) is 3.53. The van der Waals surface area contributed by atoms with Crippen LogP contribution < -0.4 is 5.32 Å². The second kappa shape index (κ2) is 6.07. The van der Waals surface area contributed by atoms with E-state index in [0.717, 1.165) is 11.1 Å². The van der Waals surface area contributed by atoms with Crippen LogP contribution >= 0.6 is 11.8 Å². The van der Waals surface area contributed by atoms with Gasteiger partial charge in [0, 0.05) is 0 Å². The van der Waals surface area contributed by atoms with Gasteiger partial charge in [0.1, 0.15) is 0 Å². The van der Waals surface area contributed by atoms with Crippen molar-refractivity contribution < 1.29 is 9.90 Å². The number of aliphatic imine (C=N–C) groups is 1. The molecule has 0 aliphatic rings. The molecule has 18 heavy (non-hydrogen) atoms. The number of nitrogens with zero attached hydrogens (tertiary/aromatic N) is 2. The summed E-state index contributed by atoms with van der Waals surface area (Å²) in [6, 6.07) is 3.27. The number of carboxylic acid groups (broad SMARTS) is 1. The van der Waals surface area contributed by atoms with Crippen molar-refractivity contribution in [1.82, 2.24) is 5.32 Å². The lowest BCUT2D eigenvalue weighted by atomic mass is 10.0. The molecule has 0 amide bonds. The minimum Gasteiger partial charge on any atom is -0.478 e. The molecule has 0 fully saturated rings. The molecule has 0 bridgehead atoms. The SMILES string of the molecule is CSC(=Nc1c(C(=O)O)ccc(C)c1C)NC#N. The van der Waals surface area contributed by atoms with Crippen LogP contribution in [0.15, 0.2) is 17.1 Å². The summed E-state index contributed by atoms with van der Waals surface area (Å²) in [6.45, 7) is 3.70. The second-order valence-corrected chi connectivity index (χ2v) is 4.36. The van der Waals surface area contributed by atoms with E-state index in [-0.39, 0.29) is 5.56 Å². The van der Waals surface area contributed by atoms with Crippen molar-refractivity contribution in [2.75, 3.05) is 6.26 Å². The van der Waals surface area contributed by atoms with Crippen LogP contribution in [-0.2, 0) is 0 Å². The third-order valence-corrected chi connectivity index (χ3v) is 3.08. The number of benzene rings is 1. The number of carbonyl (C=O) groups is 1. The lowest BCUT2D eigenvalue weighted by molar-refractivity contribution is 0.0698. The van der Waals surface area contributed by atoms with Gasteiger partial charge in [-0.15, -0.1) is 0 Å². The number of nitrogens with one attached hydrogen (secondary N) is 1. The Hall–Kier alpha value is -2.00. The summed E-state index contributed by atoms with van der Waals surface area (Å²) >= 11 is 1.25. The van der Waals surface area contributed by atoms with E-state index in [1.165, 1.54) is 17.8 Å². The summed E-state index contributed by atoms with van der Waals surface area (Å²) in [7, 11) is 0. The first-order valence-corrected chi connectivity index (χ1v) is 6.35. The molecule has 5 nitrogen and oxygen atoms in total. The zero-order chi connectivity index (χ0) is 13.7. The van der Waals surface area contributed by atoms with Gasteiger partial charge < -0.3 is 5.11 Å². The molecule has 0 unspecified atom stereocenters. The molecule has 1 rings (SSSR count). The molecule has 6 heteroatoms. The van der Waals surface area contributed by atoms with Crippen molar-refractivity contribution >= 4 is 28.6 Å². The fourth-order valence-electron chi connectivity index (χ4n) is 1.39. The summed E-state index contributed by atoms with van der Waals surface area (Å²) in [5.74, 6) is -1.03. The number of aryl methyl sites for hydroxylation is 1. The molecule has 0 atom stereocenters. The fraction of sp³-hybridized carbons (Fsp3) is 0.250. The second-order valence-electron chi connectivity index (χ2n) is 3.57. The monoisotopic (exact) mass is 263 g/mol. The molecule has 0 heterocycles. The maximum atomic E-state index is 11.2. The zero-order valence-electron chi connectivity index (χ0n) is 10.3. The highest BCUT2D eigenvalue weighted by Crippen LogP contribution is 2.27. The number of hydrogen-bond donors (Lipinski definition) is 2. The highest BCUT2D eigenvalue weighted by atomic mass is 32.2. The number of thioether (sulfide) groups is 1.